The summed E-state index contributed by atoms with van der Waals surface area (Å²) in [5, 5.41) is 4.53. The Morgan fingerprint density at radius 2 is 2.05 bits per heavy atom. The molecule has 0 aliphatic heterocycles. The second-order valence-electron chi connectivity index (χ2n) is 3.63. The number of nitrogens with two attached hydrogens (primary N) is 1. The molecule has 0 saturated heterocycles. The van der Waals surface area contributed by atoms with Crippen LogP contribution in [0.4, 0.5) is 19.5 Å². The van der Waals surface area contributed by atoms with E-state index in [1.165, 1.54) is 7.05 Å². The molecule has 0 aliphatic carbocycles. The van der Waals surface area contributed by atoms with Crippen LogP contribution in [0.15, 0.2) is 4.90 Å². The lowest BCUT2D eigenvalue weighted by molar-refractivity contribution is 0.0967. The predicted octanol–water partition coefficient (Wildman–Crippen LogP) is 0.770. The van der Waals surface area contributed by atoms with Gasteiger partial charge in [0.05, 0.1) is 12.2 Å². The molecule has 0 unspecified atom stereocenters. The van der Waals surface area contributed by atoms with Gasteiger partial charge in [-0.3, -0.25) is 4.79 Å². The molecule has 6 nitrogen and oxygen atoms in total. The highest BCUT2D eigenvalue weighted by molar-refractivity contribution is 7.91. The SMILES string of the molecule is CNC(=O)c1sc(NCC(F)F)c(S(C)(=O)=O)c1N. The summed E-state index contributed by atoms with van der Waals surface area (Å²) in [6.07, 6.45) is -1.76. The van der Waals surface area contributed by atoms with Gasteiger partial charge in [0.25, 0.3) is 12.3 Å². The number of nitrogen functional groups attached to an aromatic ring is 1. The van der Waals surface area contributed by atoms with E-state index < -0.39 is 28.7 Å². The van der Waals surface area contributed by atoms with Gasteiger partial charge in [-0.1, -0.05) is 0 Å². The number of sulfone groups is 1. The molecule has 0 fully saturated rings. The number of carbonyl (C=O) groups is 1. The van der Waals surface area contributed by atoms with Crippen LogP contribution in [0.25, 0.3) is 0 Å². The van der Waals surface area contributed by atoms with Crippen molar-refractivity contribution in [3.05, 3.63) is 4.88 Å². The first kappa shape index (κ1) is 15.6. The van der Waals surface area contributed by atoms with Gasteiger partial charge in [-0.15, -0.1) is 11.3 Å². The molecule has 108 valence electrons. The zero-order valence-electron chi connectivity index (χ0n) is 10.2. The summed E-state index contributed by atoms with van der Waals surface area (Å²) in [6, 6.07) is 0. The fraction of sp³-hybridized carbons (Fsp3) is 0.444. The van der Waals surface area contributed by atoms with Crippen molar-refractivity contribution in [1.29, 1.82) is 0 Å². The first-order valence-electron chi connectivity index (χ1n) is 5.04. The molecule has 0 spiro atoms. The molecule has 0 aliphatic rings. The lowest BCUT2D eigenvalue weighted by atomic mass is 10.3. The molecule has 0 saturated carbocycles. The van der Waals surface area contributed by atoms with Crippen LogP contribution < -0.4 is 16.4 Å². The maximum Gasteiger partial charge on any atom is 0.263 e. The third-order valence-corrected chi connectivity index (χ3v) is 4.58. The molecule has 0 atom stereocenters. The Balaban J connectivity index is 3.32. The monoisotopic (exact) mass is 313 g/mol. The van der Waals surface area contributed by atoms with E-state index in [2.05, 4.69) is 10.6 Å². The van der Waals surface area contributed by atoms with Crippen molar-refractivity contribution in [2.75, 3.05) is 30.9 Å². The van der Waals surface area contributed by atoms with Gasteiger partial charge in [-0.25, -0.2) is 17.2 Å². The standard InChI is InChI=1S/C9H13F2N3O3S2/c1-13-8(15)6-5(12)7(19(2,16)17)9(18-6)14-3-4(10)11/h4,14H,3,12H2,1-2H3,(H,13,15). The third kappa shape index (κ3) is 3.53. The normalized spacial score (nSPS) is 11.6. The number of carbonyl (C=O) groups excluding carboxylic acids is 1. The van der Waals surface area contributed by atoms with Crippen LogP contribution in [-0.2, 0) is 9.84 Å². The van der Waals surface area contributed by atoms with Crippen molar-refractivity contribution in [3.63, 3.8) is 0 Å². The van der Waals surface area contributed by atoms with Crippen molar-refractivity contribution in [2.45, 2.75) is 11.3 Å². The number of nitrogens with one attached hydrogen (secondary N) is 2. The molecule has 1 heterocycles. The van der Waals surface area contributed by atoms with Gasteiger partial charge in [0, 0.05) is 13.3 Å². The topological polar surface area (TPSA) is 101 Å². The predicted molar refractivity (Wildman–Crippen MR) is 69.7 cm³/mol. The molecule has 10 heteroatoms. The maximum absolute atomic E-state index is 12.2. The molecule has 0 bridgehead atoms. The van der Waals surface area contributed by atoms with E-state index in [4.69, 9.17) is 5.73 Å². The van der Waals surface area contributed by atoms with Crippen LogP contribution in [0, 0.1) is 0 Å². The van der Waals surface area contributed by atoms with E-state index in [-0.39, 0.29) is 20.5 Å². The van der Waals surface area contributed by atoms with Crippen LogP contribution in [-0.4, -0.2) is 40.6 Å². The lowest BCUT2D eigenvalue weighted by Gasteiger charge is -2.05. The van der Waals surface area contributed by atoms with Crippen LogP contribution in [0.5, 0.6) is 0 Å². The van der Waals surface area contributed by atoms with E-state index in [1.54, 1.807) is 0 Å². The number of hydrogen-bond donors (Lipinski definition) is 3. The van der Waals surface area contributed by atoms with Crippen molar-refractivity contribution >= 4 is 37.8 Å². The molecule has 1 aromatic rings. The highest BCUT2D eigenvalue weighted by Gasteiger charge is 2.26. The molecule has 1 amide bonds. The highest BCUT2D eigenvalue weighted by Crippen LogP contribution is 2.39. The average Bonchev–Trinajstić information content (AvgIpc) is 2.62. The molecule has 0 aromatic carbocycles. The molecular formula is C9H13F2N3O3S2. The molecule has 0 radical (unpaired) electrons. The van der Waals surface area contributed by atoms with E-state index in [9.17, 15) is 22.0 Å². The minimum absolute atomic E-state index is 0.0281. The number of amides is 1. The molecular weight excluding hydrogens is 300 g/mol. The summed E-state index contributed by atoms with van der Waals surface area (Å²) < 4.78 is 47.5. The van der Waals surface area contributed by atoms with E-state index in [0.717, 1.165) is 17.6 Å². The number of alkyl halides is 2. The smallest absolute Gasteiger partial charge is 0.263 e. The van der Waals surface area contributed by atoms with Crippen LogP contribution in [0.3, 0.4) is 0 Å². The molecule has 1 aromatic heterocycles. The van der Waals surface area contributed by atoms with Crippen LogP contribution in [0.1, 0.15) is 9.67 Å². The van der Waals surface area contributed by atoms with E-state index >= 15 is 0 Å². The summed E-state index contributed by atoms with van der Waals surface area (Å²) in [5.74, 6) is -0.572. The zero-order chi connectivity index (χ0) is 14.8. The van der Waals surface area contributed by atoms with Crippen molar-refractivity contribution < 1.29 is 22.0 Å². The Kier molecular flexibility index (Phi) is 4.69. The van der Waals surface area contributed by atoms with Gasteiger partial charge in [0.2, 0.25) is 0 Å². The van der Waals surface area contributed by atoms with E-state index in [0.29, 0.717) is 0 Å². The summed E-state index contributed by atoms with van der Waals surface area (Å²) in [6.45, 7) is -0.727. The van der Waals surface area contributed by atoms with Gasteiger partial charge in [-0.05, 0) is 0 Å². The van der Waals surface area contributed by atoms with Gasteiger partial charge >= 0.3 is 0 Å². The minimum Gasteiger partial charge on any atom is -0.396 e. The molecule has 19 heavy (non-hydrogen) atoms. The van der Waals surface area contributed by atoms with Gasteiger partial charge in [-0.2, -0.15) is 0 Å². The van der Waals surface area contributed by atoms with Gasteiger partial charge in [0.1, 0.15) is 14.8 Å². The van der Waals surface area contributed by atoms with Gasteiger partial charge < -0.3 is 16.4 Å². The molecule has 1 rings (SSSR count). The number of halogens is 2. The molecule has 4 N–H and O–H groups in total. The lowest BCUT2D eigenvalue weighted by Crippen LogP contribution is -2.18. The average molecular weight is 313 g/mol. The van der Waals surface area contributed by atoms with Crippen molar-refractivity contribution in [2.24, 2.45) is 0 Å². The first-order chi connectivity index (χ1) is 8.68. The fourth-order valence-electron chi connectivity index (χ4n) is 1.37. The number of hydrogen-bond acceptors (Lipinski definition) is 6. The Labute approximate surface area is 112 Å². The largest absolute Gasteiger partial charge is 0.396 e. The summed E-state index contributed by atoms with van der Waals surface area (Å²) >= 11 is 0.727. The highest BCUT2D eigenvalue weighted by atomic mass is 32.2. The maximum atomic E-state index is 12.2. The Morgan fingerprint density at radius 1 is 1.47 bits per heavy atom. The summed E-state index contributed by atoms with van der Waals surface area (Å²) in [4.78, 5) is 11.2. The number of rotatable bonds is 5. The fourth-order valence-corrected chi connectivity index (χ4v) is 3.89. The Bertz CT molecular complexity index is 584. The number of anilines is 2. The summed E-state index contributed by atoms with van der Waals surface area (Å²) in [5.41, 5.74) is 5.38. The third-order valence-electron chi connectivity index (χ3n) is 2.12. The van der Waals surface area contributed by atoms with Crippen molar-refractivity contribution in [1.82, 2.24) is 5.32 Å². The Hall–Kier alpha value is -1.42. The second-order valence-corrected chi connectivity index (χ2v) is 6.60. The Morgan fingerprint density at radius 3 is 2.47 bits per heavy atom. The quantitative estimate of drug-likeness (QED) is 0.745. The first-order valence-corrected chi connectivity index (χ1v) is 7.75. The zero-order valence-corrected chi connectivity index (χ0v) is 11.8. The van der Waals surface area contributed by atoms with Crippen molar-refractivity contribution in [3.8, 4) is 0 Å². The van der Waals surface area contributed by atoms with Gasteiger partial charge in [0.15, 0.2) is 9.84 Å². The van der Waals surface area contributed by atoms with Crippen LogP contribution in [0.2, 0.25) is 0 Å². The van der Waals surface area contributed by atoms with Crippen LogP contribution >= 0.6 is 11.3 Å². The minimum atomic E-state index is -3.73. The second kappa shape index (κ2) is 5.70. The number of thiophene rings is 1. The van der Waals surface area contributed by atoms with E-state index in [1.807, 2.05) is 0 Å². The summed E-state index contributed by atoms with van der Waals surface area (Å²) in [7, 11) is -2.38.